The molecule has 0 unspecified atom stereocenters. The molecule has 2 aliphatic heterocycles. The van der Waals surface area contributed by atoms with Gasteiger partial charge in [-0.2, -0.15) is 0 Å². The Hall–Kier alpha value is -1.47. The molecule has 1 aromatic carbocycles. The Morgan fingerprint density at radius 3 is 2.77 bits per heavy atom. The molecule has 3 atom stereocenters. The minimum Gasteiger partial charge on any atom is -0.391 e. The summed E-state index contributed by atoms with van der Waals surface area (Å²) in [6.45, 7) is 1.24. The number of carbonyl (C=O) groups excluding carboxylic acids is 2. The third-order valence-corrected chi connectivity index (χ3v) is 5.13. The summed E-state index contributed by atoms with van der Waals surface area (Å²) in [5.41, 5.74) is 1.02. The molecular formula is C19H24ClNO5. The lowest BCUT2D eigenvalue weighted by Gasteiger charge is -2.24. The molecule has 3 rings (SSSR count). The van der Waals surface area contributed by atoms with E-state index in [4.69, 9.17) is 21.1 Å². The van der Waals surface area contributed by atoms with Gasteiger partial charge in [0.2, 0.25) is 5.91 Å². The highest BCUT2D eigenvalue weighted by Crippen LogP contribution is 2.22. The molecule has 26 heavy (non-hydrogen) atoms. The van der Waals surface area contributed by atoms with Gasteiger partial charge in [-0.05, 0) is 30.5 Å². The highest BCUT2D eigenvalue weighted by molar-refractivity contribution is 6.30. The van der Waals surface area contributed by atoms with Gasteiger partial charge in [0.05, 0.1) is 24.9 Å². The molecule has 1 N–H and O–H groups in total. The first kappa shape index (κ1) is 19.3. The molecule has 142 valence electrons. The second-order valence-electron chi connectivity index (χ2n) is 6.84. The second-order valence-corrected chi connectivity index (χ2v) is 7.28. The van der Waals surface area contributed by atoms with Crippen molar-refractivity contribution in [1.82, 2.24) is 4.90 Å². The fourth-order valence-corrected chi connectivity index (χ4v) is 3.52. The van der Waals surface area contributed by atoms with Crippen molar-refractivity contribution in [3.05, 3.63) is 34.9 Å². The molecule has 0 aromatic heterocycles. The van der Waals surface area contributed by atoms with E-state index in [2.05, 4.69) is 0 Å². The van der Waals surface area contributed by atoms with E-state index in [1.165, 1.54) is 4.90 Å². The Morgan fingerprint density at radius 2 is 2.08 bits per heavy atom. The number of aryl methyl sites for hydroxylation is 1. The molecule has 2 saturated heterocycles. The maximum atomic E-state index is 12.6. The summed E-state index contributed by atoms with van der Waals surface area (Å²) in [5, 5.41) is 10.6. The van der Waals surface area contributed by atoms with Crippen LogP contribution in [0.4, 0.5) is 0 Å². The number of ether oxygens (including phenoxy) is 2. The van der Waals surface area contributed by atoms with Gasteiger partial charge in [-0.15, -0.1) is 0 Å². The maximum Gasteiger partial charge on any atom is 0.249 e. The quantitative estimate of drug-likeness (QED) is 0.776. The monoisotopic (exact) mass is 381 g/mol. The Balaban J connectivity index is 1.52. The number of aliphatic hydroxyl groups excluding tert-OH is 1. The van der Waals surface area contributed by atoms with E-state index < -0.39 is 12.1 Å². The van der Waals surface area contributed by atoms with Gasteiger partial charge in [0.25, 0.3) is 0 Å². The SMILES string of the molecule is O=C(CCc1ccc(Cl)cc1)[C@@H]1C[C@@H](O)CN1C(=O)CO[C@H]1CCOC1. The van der Waals surface area contributed by atoms with Gasteiger partial charge in [0.15, 0.2) is 5.78 Å². The number of likely N-dealkylation sites (tertiary alicyclic amines) is 1. The van der Waals surface area contributed by atoms with Crippen LogP contribution in [-0.4, -0.2) is 66.3 Å². The van der Waals surface area contributed by atoms with E-state index in [0.29, 0.717) is 31.1 Å². The number of halogens is 1. The molecule has 1 aromatic rings. The molecule has 0 saturated carbocycles. The lowest BCUT2D eigenvalue weighted by atomic mass is 10.0. The number of β-amino-alcohol motifs (C(OH)–C–C–N with tert-alkyl or cyclic N) is 1. The fourth-order valence-electron chi connectivity index (χ4n) is 3.40. The lowest BCUT2D eigenvalue weighted by molar-refractivity contribution is -0.143. The third kappa shape index (κ3) is 5.04. The van der Waals surface area contributed by atoms with E-state index in [1.54, 1.807) is 12.1 Å². The predicted octanol–water partition coefficient (Wildman–Crippen LogP) is 1.61. The predicted molar refractivity (Wildman–Crippen MR) is 96.1 cm³/mol. The van der Waals surface area contributed by atoms with Crippen molar-refractivity contribution < 1.29 is 24.2 Å². The Bertz CT molecular complexity index is 629. The molecule has 0 bridgehead atoms. The van der Waals surface area contributed by atoms with Crippen LogP contribution < -0.4 is 0 Å². The van der Waals surface area contributed by atoms with Gasteiger partial charge >= 0.3 is 0 Å². The zero-order valence-electron chi connectivity index (χ0n) is 14.6. The maximum absolute atomic E-state index is 12.6. The largest absolute Gasteiger partial charge is 0.391 e. The van der Waals surface area contributed by atoms with Gasteiger partial charge in [0.1, 0.15) is 6.61 Å². The second kappa shape index (κ2) is 8.95. The summed E-state index contributed by atoms with van der Waals surface area (Å²) in [5.74, 6) is -0.285. The number of hydrogen-bond acceptors (Lipinski definition) is 5. The minimum absolute atomic E-state index is 0.0333. The van der Waals surface area contributed by atoms with Gasteiger partial charge in [0, 0.05) is 31.0 Å². The van der Waals surface area contributed by atoms with Crippen molar-refractivity contribution in [2.75, 3.05) is 26.4 Å². The van der Waals surface area contributed by atoms with Crippen molar-refractivity contribution in [3.8, 4) is 0 Å². The first-order chi connectivity index (χ1) is 12.5. The molecular weight excluding hydrogens is 358 g/mol. The van der Waals surface area contributed by atoms with Crippen molar-refractivity contribution in [1.29, 1.82) is 0 Å². The topological polar surface area (TPSA) is 76.1 Å². The number of Topliss-reactive ketones (excluding diaryl/α,β-unsaturated/α-hetero) is 1. The highest BCUT2D eigenvalue weighted by atomic mass is 35.5. The van der Waals surface area contributed by atoms with Crippen molar-refractivity contribution in [2.24, 2.45) is 0 Å². The third-order valence-electron chi connectivity index (χ3n) is 4.87. The number of benzene rings is 1. The van der Waals surface area contributed by atoms with Crippen molar-refractivity contribution in [3.63, 3.8) is 0 Å². The number of amides is 1. The van der Waals surface area contributed by atoms with Crippen molar-refractivity contribution >= 4 is 23.3 Å². The summed E-state index contributed by atoms with van der Waals surface area (Å²) in [6, 6.07) is 6.79. The van der Waals surface area contributed by atoms with Gasteiger partial charge in [-0.3, -0.25) is 9.59 Å². The van der Waals surface area contributed by atoms with Crippen LogP contribution in [0, 0.1) is 0 Å². The molecule has 6 nitrogen and oxygen atoms in total. The molecule has 0 radical (unpaired) electrons. The van der Waals surface area contributed by atoms with E-state index in [9.17, 15) is 14.7 Å². The molecule has 0 spiro atoms. The van der Waals surface area contributed by atoms with E-state index in [-0.39, 0.29) is 37.4 Å². The lowest BCUT2D eigenvalue weighted by Crippen LogP contribution is -2.43. The van der Waals surface area contributed by atoms with Crippen LogP contribution in [0.25, 0.3) is 0 Å². The zero-order valence-corrected chi connectivity index (χ0v) is 15.4. The average Bonchev–Trinajstić information content (AvgIpc) is 3.28. The molecule has 1 amide bonds. The highest BCUT2D eigenvalue weighted by Gasteiger charge is 2.38. The molecule has 0 aliphatic carbocycles. The molecule has 7 heteroatoms. The van der Waals surface area contributed by atoms with Crippen LogP contribution in [0.15, 0.2) is 24.3 Å². The van der Waals surface area contributed by atoms with Crippen molar-refractivity contribution in [2.45, 2.75) is 43.9 Å². The summed E-state index contributed by atoms with van der Waals surface area (Å²) in [4.78, 5) is 26.5. The number of nitrogens with zero attached hydrogens (tertiary/aromatic N) is 1. The number of carbonyl (C=O) groups is 2. The van der Waals surface area contributed by atoms with Crippen LogP contribution in [0.3, 0.4) is 0 Å². The minimum atomic E-state index is -0.668. The van der Waals surface area contributed by atoms with Gasteiger partial charge in [-0.1, -0.05) is 23.7 Å². The smallest absolute Gasteiger partial charge is 0.249 e. The van der Waals surface area contributed by atoms with E-state index in [1.807, 2.05) is 12.1 Å². The Labute approximate surface area is 158 Å². The van der Waals surface area contributed by atoms with Gasteiger partial charge in [-0.25, -0.2) is 0 Å². The van der Waals surface area contributed by atoms with Crippen LogP contribution in [-0.2, 0) is 25.5 Å². The number of aliphatic hydroxyl groups is 1. The molecule has 2 aliphatic rings. The summed E-state index contributed by atoms with van der Waals surface area (Å²) < 4.78 is 10.8. The number of hydrogen-bond donors (Lipinski definition) is 1. The van der Waals surface area contributed by atoms with Gasteiger partial charge < -0.3 is 19.5 Å². The average molecular weight is 382 g/mol. The first-order valence-corrected chi connectivity index (χ1v) is 9.35. The standard InChI is InChI=1S/C19H24ClNO5/c20-14-4-1-13(2-5-14)3-6-18(23)17-9-15(22)10-21(17)19(24)12-26-16-7-8-25-11-16/h1-2,4-5,15-17,22H,3,6-12H2/t15-,16+,17+/m1/s1. The number of rotatable bonds is 7. The molecule has 2 heterocycles. The fraction of sp³-hybridized carbons (Fsp3) is 0.579. The number of ketones is 1. The first-order valence-electron chi connectivity index (χ1n) is 8.97. The zero-order chi connectivity index (χ0) is 18.5. The molecule has 2 fully saturated rings. The van der Waals surface area contributed by atoms with E-state index >= 15 is 0 Å². The Morgan fingerprint density at radius 1 is 1.31 bits per heavy atom. The Kier molecular flexibility index (Phi) is 6.64. The summed E-state index contributed by atoms with van der Waals surface area (Å²) in [7, 11) is 0. The van der Waals surface area contributed by atoms with Crippen LogP contribution in [0.1, 0.15) is 24.8 Å². The van der Waals surface area contributed by atoms with Crippen LogP contribution in [0.2, 0.25) is 5.02 Å². The van der Waals surface area contributed by atoms with E-state index in [0.717, 1.165) is 12.0 Å². The normalized spacial score (nSPS) is 25.6. The summed E-state index contributed by atoms with van der Waals surface area (Å²) in [6.07, 6.45) is 1.24. The van der Waals surface area contributed by atoms with Crippen LogP contribution in [0.5, 0.6) is 0 Å². The van der Waals surface area contributed by atoms with Crippen LogP contribution >= 0.6 is 11.6 Å². The summed E-state index contributed by atoms with van der Waals surface area (Å²) >= 11 is 5.87.